The van der Waals surface area contributed by atoms with Crippen molar-refractivity contribution in [3.63, 3.8) is 0 Å². The van der Waals surface area contributed by atoms with E-state index in [4.69, 9.17) is 0 Å². The van der Waals surface area contributed by atoms with Gasteiger partial charge in [-0.2, -0.15) is 0 Å². The van der Waals surface area contributed by atoms with Crippen molar-refractivity contribution in [3.8, 4) is 0 Å². The summed E-state index contributed by atoms with van der Waals surface area (Å²) in [5.74, 6) is -1.53. The van der Waals surface area contributed by atoms with Crippen LogP contribution in [-0.2, 0) is 29.0 Å². The second-order valence-corrected chi connectivity index (χ2v) is 7.52. The van der Waals surface area contributed by atoms with Crippen molar-refractivity contribution in [2.75, 3.05) is 6.54 Å². The fourth-order valence-corrected chi connectivity index (χ4v) is 3.54. The lowest BCUT2D eigenvalue weighted by Crippen LogP contribution is -2.51. The van der Waals surface area contributed by atoms with E-state index in [1.54, 1.807) is 30.3 Å². The van der Waals surface area contributed by atoms with Crippen LogP contribution in [0.15, 0.2) is 78.9 Å². The Kier molecular flexibility index (Phi) is 8.08. The number of carbonyl (C=O) groups is 2. The lowest BCUT2D eigenvalue weighted by Gasteiger charge is -2.31. The second kappa shape index (κ2) is 11.2. The maximum absolute atomic E-state index is 14.2. The first-order valence-electron chi connectivity index (χ1n) is 10.6. The number of hydrogen-bond donors (Lipinski definition) is 1. The molecule has 0 saturated heterocycles. The standard InChI is InChI=1S/C26H26F2N2O2/c1-2-29-26(32)24(16-19-8-4-3-5-9-19)30(18-20-12-14-22(27)15-13-20)25(31)17-21-10-6-7-11-23(21)28/h3-15,24H,2,16-18H2,1H3,(H,29,32). The maximum Gasteiger partial charge on any atom is 0.243 e. The third kappa shape index (κ3) is 6.23. The van der Waals surface area contributed by atoms with Gasteiger partial charge in [-0.3, -0.25) is 9.59 Å². The molecule has 0 saturated carbocycles. The van der Waals surface area contributed by atoms with Crippen molar-refractivity contribution < 1.29 is 18.4 Å². The fourth-order valence-electron chi connectivity index (χ4n) is 3.54. The lowest BCUT2D eigenvalue weighted by atomic mass is 10.0. The first kappa shape index (κ1) is 23.1. The summed E-state index contributed by atoms with van der Waals surface area (Å²) in [4.78, 5) is 27.9. The van der Waals surface area contributed by atoms with E-state index >= 15 is 0 Å². The Bertz CT molecular complexity index is 1040. The molecule has 3 aromatic carbocycles. The van der Waals surface area contributed by atoms with E-state index in [1.807, 2.05) is 37.3 Å². The normalized spacial score (nSPS) is 11.6. The fraction of sp³-hybridized carbons (Fsp3) is 0.231. The molecule has 4 nitrogen and oxygen atoms in total. The van der Waals surface area contributed by atoms with Crippen LogP contribution in [0.1, 0.15) is 23.6 Å². The lowest BCUT2D eigenvalue weighted by molar-refractivity contribution is -0.140. The highest BCUT2D eigenvalue weighted by Crippen LogP contribution is 2.18. The third-order valence-electron chi connectivity index (χ3n) is 5.19. The van der Waals surface area contributed by atoms with Gasteiger partial charge < -0.3 is 10.2 Å². The van der Waals surface area contributed by atoms with Crippen molar-refractivity contribution in [3.05, 3.63) is 107 Å². The number of hydrogen-bond acceptors (Lipinski definition) is 2. The van der Waals surface area contributed by atoms with Gasteiger partial charge in [0.2, 0.25) is 11.8 Å². The molecule has 0 heterocycles. The van der Waals surface area contributed by atoms with Crippen molar-refractivity contribution in [2.45, 2.75) is 32.4 Å². The van der Waals surface area contributed by atoms with Crippen LogP contribution in [0.25, 0.3) is 0 Å². The van der Waals surface area contributed by atoms with E-state index in [-0.39, 0.29) is 36.2 Å². The smallest absolute Gasteiger partial charge is 0.243 e. The molecule has 3 aromatic rings. The van der Waals surface area contributed by atoms with Gasteiger partial charge in [-0.05, 0) is 41.8 Å². The molecule has 1 N–H and O–H groups in total. The maximum atomic E-state index is 14.2. The molecular formula is C26H26F2N2O2. The average molecular weight is 437 g/mol. The third-order valence-corrected chi connectivity index (χ3v) is 5.19. The van der Waals surface area contributed by atoms with E-state index < -0.39 is 11.9 Å². The van der Waals surface area contributed by atoms with Crippen molar-refractivity contribution in [1.82, 2.24) is 10.2 Å². The zero-order valence-corrected chi connectivity index (χ0v) is 17.9. The molecule has 0 spiro atoms. The number of carbonyl (C=O) groups excluding carboxylic acids is 2. The average Bonchev–Trinajstić information content (AvgIpc) is 2.79. The summed E-state index contributed by atoms with van der Waals surface area (Å²) in [7, 11) is 0. The highest BCUT2D eigenvalue weighted by atomic mass is 19.1. The van der Waals surface area contributed by atoms with Gasteiger partial charge in [0.1, 0.15) is 17.7 Å². The number of nitrogens with one attached hydrogen (secondary N) is 1. The van der Waals surface area contributed by atoms with Crippen LogP contribution in [0.4, 0.5) is 8.78 Å². The molecule has 0 fully saturated rings. The van der Waals surface area contributed by atoms with E-state index in [2.05, 4.69) is 5.32 Å². The predicted molar refractivity (Wildman–Crippen MR) is 120 cm³/mol. The topological polar surface area (TPSA) is 49.4 Å². The van der Waals surface area contributed by atoms with Crippen LogP contribution in [0.3, 0.4) is 0 Å². The summed E-state index contributed by atoms with van der Waals surface area (Å²) in [5, 5.41) is 2.80. The van der Waals surface area contributed by atoms with Crippen molar-refractivity contribution >= 4 is 11.8 Å². The number of benzene rings is 3. The molecular weight excluding hydrogens is 410 g/mol. The minimum atomic E-state index is -0.804. The summed E-state index contributed by atoms with van der Waals surface area (Å²) in [6.45, 7) is 2.32. The second-order valence-electron chi connectivity index (χ2n) is 7.52. The molecule has 0 aliphatic carbocycles. The Morgan fingerprint density at radius 1 is 0.875 bits per heavy atom. The number of amides is 2. The zero-order chi connectivity index (χ0) is 22.9. The van der Waals surface area contributed by atoms with E-state index in [0.29, 0.717) is 18.5 Å². The van der Waals surface area contributed by atoms with Crippen molar-refractivity contribution in [2.24, 2.45) is 0 Å². The van der Waals surface area contributed by atoms with Gasteiger partial charge in [0.05, 0.1) is 6.42 Å². The summed E-state index contributed by atoms with van der Waals surface area (Å²) < 4.78 is 27.6. The summed E-state index contributed by atoms with van der Waals surface area (Å²) >= 11 is 0. The number of rotatable bonds is 9. The Labute approximate surface area is 186 Å². The van der Waals surface area contributed by atoms with Crippen LogP contribution in [0.2, 0.25) is 0 Å². The Morgan fingerprint density at radius 3 is 2.19 bits per heavy atom. The molecule has 1 atom stereocenters. The monoisotopic (exact) mass is 436 g/mol. The van der Waals surface area contributed by atoms with Gasteiger partial charge in [0.15, 0.2) is 0 Å². The molecule has 1 unspecified atom stereocenters. The van der Waals surface area contributed by atoms with Crippen LogP contribution >= 0.6 is 0 Å². The van der Waals surface area contributed by atoms with Gasteiger partial charge in [0, 0.05) is 19.5 Å². The largest absolute Gasteiger partial charge is 0.355 e. The zero-order valence-electron chi connectivity index (χ0n) is 17.9. The highest BCUT2D eigenvalue weighted by molar-refractivity contribution is 5.88. The number of likely N-dealkylation sites (N-methyl/N-ethyl adjacent to an activating group) is 1. The molecule has 166 valence electrons. The van der Waals surface area contributed by atoms with Crippen LogP contribution < -0.4 is 5.32 Å². The molecule has 0 bridgehead atoms. The Morgan fingerprint density at radius 2 is 1.53 bits per heavy atom. The molecule has 0 aliphatic rings. The first-order valence-corrected chi connectivity index (χ1v) is 10.6. The minimum absolute atomic E-state index is 0.0994. The molecule has 0 aliphatic heterocycles. The van der Waals surface area contributed by atoms with Crippen molar-refractivity contribution in [1.29, 1.82) is 0 Å². The number of nitrogens with zero attached hydrogens (tertiary/aromatic N) is 1. The minimum Gasteiger partial charge on any atom is -0.355 e. The molecule has 0 radical (unpaired) electrons. The molecule has 32 heavy (non-hydrogen) atoms. The van der Waals surface area contributed by atoms with E-state index in [9.17, 15) is 18.4 Å². The van der Waals surface area contributed by atoms with E-state index in [0.717, 1.165) is 5.56 Å². The van der Waals surface area contributed by atoms with Gasteiger partial charge in [-0.25, -0.2) is 8.78 Å². The summed E-state index contributed by atoms with van der Waals surface area (Å²) in [5.41, 5.74) is 1.83. The van der Waals surface area contributed by atoms with Crippen LogP contribution in [0.5, 0.6) is 0 Å². The first-order chi connectivity index (χ1) is 15.5. The Hall–Kier alpha value is -3.54. The SMILES string of the molecule is CCNC(=O)C(Cc1ccccc1)N(Cc1ccc(F)cc1)C(=O)Cc1ccccc1F. The highest BCUT2D eigenvalue weighted by Gasteiger charge is 2.30. The Balaban J connectivity index is 1.95. The van der Waals surface area contributed by atoms with E-state index in [1.165, 1.54) is 23.1 Å². The summed E-state index contributed by atoms with van der Waals surface area (Å²) in [6.07, 6.45) is 0.120. The van der Waals surface area contributed by atoms with Gasteiger partial charge in [-0.15, -0.1) is 0 Å². The van der Waals surface area contributed by atoms with Crippen LogP contribution in [-0.4, -0.2) is 29.3 Å². The number of halogens is 2. The van der Waals surface area contributed by atoms with Crippen LogP contribution in [0, 0.1) is 11.6 Å². The molecule has 0 aromatic heterocycles. The summed E-state index contributed by atoms with van der Waals surface area (Å²) in [6, 6.07) is 20.5. The molecule has 2 amide bonds. The predicted octanol–water partition coefficient (Wildman–Crippen LogP) is 4.28. The quantitative estimate of drug-likeness (QED) is 0.544. The molecule has 3 rings (SSSR count). The van der Waals surface area contributed by atoms with Gasteiger partial charge in [-0.1, -0.05) is 60.7 Å². The van der Waals surface area contributed by atoms with Gasteiger partial charge >= 0.3 is 0 Å². The van der Waals surface area contributed by atoms with Gasteiger partial charge in [0.25, 0.3) is 0 Å². The molecule has 6 heteroatoms.